The van der Waals surface area contributed by atoms with Crippen LogP contribution in [0.3, 0.4) is 0 Å². The lowest BCUT2D eigenvalue weighted by atomic mass is 10.2. The molecule has 1 aliphatic heterocycles. The third kappa shape index (κ3) is 3.39. The van der Waals surface area contributed by atoms with Crippen LogP contribution in [0.4, 0.5) is 17.3 Å². The molecule has 0 aromatic carbocycles. The summed E-state index contributed by atoms with van der Waals surface area (Å²) in [6.07, 6.45) is 2.01. The first-order chi connectivity index (χ1) is 10.0. The Labute approximate surface area is 122 Å². The van der Waals surface area contributed by atoms with Crippen LogP contribution in [0.25, 0.3) is 0 Å². The molecule has 1 unspecified atom stereocenters. The van der Waals surface area contributed by atoms with Crippen LogP contribution in [0.5, 0.6) is 0 Å². The van der Waals surface area contributed by atoms with Gasteiger partial charge in [-0.15, -0.1) is 0 Å². The number of rotatable bonds is 5. The number of hydrogen-bond acceptors (Lipinski definition) is 6. The van der Waals surface area contributed by atoms with Crippen LogP contribution in [0, 0.1) is 10.1 Å². The Hall–Kier alpha value is -2.38. The van der Waals surface area contributed by atoms with Gasteiger partial charge < -0.3 is 15.5 Å². The van der Waals surface area contributed by atoms with E-state index in [-0.39, 0.29) is 17.4 Å². The van der Waals surface area contributed by atoms with E-state index in [9.17, 15) is 14.9 Å². The molecule has 1 aromatic heterocycles. The van der Waals surface area contributed by atoms with Crippen molar-refractivity contribution in [3.8, 4) is 0 Å². The second kappa shape index (κ2) is 6.38. The Kier molecular flexibility index (Phi) is 4.56. The summed E-state index contributed by atoms with van der Waals surface area (Å²) < 4.78 is 0. The molecule has 0 bridgehead atoms. The van der Waals surface area contributed by atoms with Gasteiger partial charge in [0, 0.05) is 26.2 Å². The minimum Gasteiger partial charge on any atom is -0.373 e. The Morgan fingerprint density at radius 2 is 2.10 bits per heavy atom. The molecule has 2 rings (SSSR count). The molecule has 8 nitrogen and oxygen atoms in total. The van der Waals surface area contributed by atoms with Crippen LogP contribution in [-0.2, 0) is 4.79 Å². The Balaban J connectivity index is 2.16. The number of nitrogens with zero attached hydrogens (tertiary/aromatic N) is 3. The van der Waals surface area contributed by atoms with E-state index < -0.39 is 11.0 Å². The number of carbonyl (C=O) groups is 1. The molecule has 0 saturated carbocycles. The maximum Gasteiger partial charge on any atom is 0.311 e. The summed E-state index contributed by atoms with van der Waals surface area (Å²) in [6, 6.07) is 2.34. The number of pyridine rings is 1. The number of anilines is 2. The fourth-order valence-corrected chi connectivity index (χ4v) is 2.32. The summed E-state index contributed by atoms with van der Waals surface area (Å²) in [4.78, 5) is 28.7. The van der Waals surface area contributed by atoms with Crippen LogP contribution in [-0.4, -0.2) is 46.9 Å². The van der Waals surface area contributed by atoms with Gasteiger partial charge in [-0.1, -0.05) is 0 Å². The summed E-state index contributed by atoms with van der Waals surface area (Å²) in [5, 5.41) is 16.7. The van der Waals surface area contributed by atoms with Gasteiger partial charge in [-0.05, 0) is 25.8 Å². The molecule has 1 atom stereocenters. The summed E-state index contributed by atoms with van der Waals surface area (Å²) in [5.74, 6) is 0.550. The first-order valence-corrected chi connectivity index (χ1v) is 6.91. The van der Waals surface area contributed by atoms with Crippen molar-refractivity contribution in [2.24, 2.45) is 0 Å². The lowest BCUT2D eigenvalue weighted by Gasteiger charge is -2.21. The van der Waals surface area contributed by atoms with E-state index in [0.717, 1.165) is 25.9 Å². The van der Waals surface area contributed by atoms with Gasteiger partial charge in [0.15, 0.2) is 0 Å². The van der Waals surface area contributed by atoms with Gasteiger partial charge in [-0.25, -0.2) is 4.98 Å². The molecular weight excluding hydrogens is 274 g/mol. The summed E-state index contributed by atoms with van der Waals surface area (Å²) in [5.41, 5.74) is -0.143. The van der Waals surface area contributed by atoms with E-state index in [1.807, 2.05) is 0 Å². The first-order valence-electron chi connectivity index (χ1n) is 6.91. The summed E-state index contributed by atoms with van der Waals surface area (Å²) in [7, 11) is 1.68. The largest absolute Gasteiger partial charge is 0.373 e. The van der Waals surface area contributed by atoms with Crippen molar-refractivity contribution >= 4 is 23.2 Å². The highest BCUT2D eigenvalue weighted by atomic mass is 16.6. The molecule has 2 heterocycles. The normalized spacial score (nSPS) is 15.6. The lowest BCUT2D eigenvalue weighted by Crippen LogP contribution is -2.39. The van der Waals surface area contributed by atoms with Gasteiger partial charge >= 0.3 is 5.69 Å². The summed E-state index contributed by atoms with van der Waals surface area (Å²) >= 11 is 0. The predicted octanol–water partition coefficient (Wildman–Crippen LogP) is 1.45. The van der Waals surface area contributed by atoms with E-state index in [4.69, 9.17) is 0 Å². The van der Waals surface area contributed by atoms with Crippen LogP contribution < -0.4 is 10.6 Å². The van der Waals surface area contributed by atoms with Crippen molar-refractivity contribution in [2.45, 2.75) is 25.8 Å². The summed E-state index contributed by atoms with van der Waals surface area (Å²) in [6.45, 7) is 3.19. The van der Waals surface area contributed by atoms with Crippen LogP contribution in [0.2, 0.25) is 0 Å². The van der Waals surface area contributed by atoms with Gasteiger partial charge in [-0.3, -0.25) is 14.9 Å². The Morgan fingerprint density at radius 1 is 1.43 bits per heavy atom. The van der Waals surface area contributed by atoms with Gasteiger partial charge in [0.25, 0.3) is 0 Å². The average molecular weight is 293 g/mol. The maximum absolute atomic E-state index is 12.2. The zero-order valence-electron chi connectivity index (χ0n) is 12.1. The molecule has 1 saturated heterocycles. The third-order valence-electron chi connectivity index (χ3n) is 3.47. The SMILES string of the molecule is CNc1ccc([N+](=O)[O-])c(NC(C)C(=O)N2CCCC2)n1. The van der Waals surface area contributed by atoms with Gasteiger partial charge in [0.2, 0.25) is 11.7 Å². The smallest absolute Gasteiger partial charge is 0.311 e. The van der Waals surface area contributed by atoms with Gasteiger partial charge in [-0.2, -0.15) is 0 Å². The van der Waals surface area contributed by atoms with Crippen LogP contribution >= 0.6 is 0 Å². The number of likely N-dealkylation sites (tertiary alicyclic amines) is 1. The van der Waals surface area contributed by atoms with Crippen molar-refractivity contribution in [3.63, 3.8) is 0 Å². The van der Waals surface area contributed by atoms with E-state index in [1.54, 1.807) is 18.9 Å². The van der Waals surface area contributed by atoms with E-state index in [1.165, 1.54) is 12.1 Å². The second-order valence-corrected chi connectivity index (χ2v) is 4.97. The minimum atomic E-state index is -0.554. The number of nitrogens with one attached hydrogen (secondary N) is 2. The van der Waals surface area contributed by atoms with E-state index in [0.29, 0.717) is 5.82 Å². The molecular formula is C13H19N5O3. The quantitative estimate of drug-likeness (QED) is 0.629. The van der Waals surface area contributed by atoms with E-state index >= 15 is 0 Å². The topological polar surface area (TPSA) is 100 Å². The fraction of sp³-hybridized carbons (Fsp3) is 0.538. The lowest BCUT2D eigenvalue weighted by molar-refractivity contribution is -0.384. The molecule has 8 heteroatoms. The predicted molar refractivity (Wildman–Crippen MR) is 79.3 cm³/mol. The zero-order chi connectivity index (χ0) is 15.4. The molecule has 1 aromatic rings. The Bertz CT molecular complexity index is 543. The monoisotopic (exact) mass is 293 g/mol. The molecule has 0 spiro atoms. The molecule has 1 aliphatic rings. The number of nitro groups is 1. The van der Waals surface area contributed by atoms with Crippen molar-refractivity contribution < 1.29 is 9.72 Å². The molecule has 21 heavy (non-hydrogen) atoms. The maximum atomic E-state index is 12.2. The van der Waals surface area contributed by atoms with Crippen LogP contribution in [0.1, 0.15) is 19.8 Å². The van der Waals surface area contributed by atoms with Gasteiger partial charge in [0.1, 0.15) is 11.9 Å². The Morgan fingerprint density at radius 3 is 2.67 bits per heavy atom. The van der Waals surface area contributed by atoms with Gasteiger partial charge in [0.05, 0.1) is 4.92 Å². The van der Waals surface area contributed by atoms with Crippen molar-refractivity contribution in [1.82, 2.24) is 9.88 Å². The highest BCUT2D eigenvalue weighted by Gasteiger charge is 2.26. The molecule has 2 N–H and O–H groups in total. The van der Waals surface area contributed by atoms with Crippen molar-refractivity contribution in [1.29, 1.82) is 0 Å². The number of aromatic nitrogens is 1. The fourth-order valence-electron chi connectivity index (χ4n) is 2.32. The molecule has 1 amide bonds. The highest BCUT2D eigenvalue weighted by Crippen LogP contribution is 2.25. The number of hydrogen-bond donors (Lipinski definition) is 2. The standard InChI is InChI=1S/C13H19N5O3/c1-9(13(19)17-7-3-4-8-17)15-12-10(18(20)21)5-6-11(14-2)16-12/h5-6,9H,3-4,7-8H2,1-2H3,(H2,14,15,16). The first kappa shape index (κ1) is 15.0. The zero-order valence-corrected chi connectivity index (χ0v) is 12.1. The number of carbonyl (C=O) groups excluding carboxylic acids is 1. The van der Waals surface area contributed by atoms with Crippen molar-refractivity contribution in [2.75, 3.05) is 30.8 Å². The highest BCUT2D eigenvalue weighted by molar-refractivity contribution is 5.85. The van der Waals surface area contributed by atoms with E-state index in [2.05, 4.69) is 15.6 Å². The van der Waals surface area contributed by atoms with Crippen molar-refractivity contribution in [3.05, 3.63) is 22.2 Å². The average Bonchev–Trinajstić information content (AvgIpc) is 3.00. The molecule has 1 fully saturated rings. The minimum absolute atomic E-state index is 0.0570. The van der Waals surface area contributed by atoms with Crippen LogP contribution in [0.15, 0.2) is 12.1 Å². The molecule has 114 valence electrons. The third-order valence-corrected chi connectivity index (χ3v) is 3.47. The molecule has 0 aliphatic carbocycles. The number of amides is 1. The molecule has 0 radical (unpaired) electrons. The second-order valence-electron chi connectivity index (χ2n) is 4.97.